The van der Waals surface area contributed by atoms with Crippen LogP contribution in [-0.2, 0) is 29.2 Å². The van der Waals surface area contributed by atoms with Gasteiger partial charge in [-0.15, -0.1) is 0 Å². The third-order valence-corrected chi connectivity index (χ3v) is 12.5. The molecule has 0 N–H and O–H groups in total. The molecule has 0 unspecified atom stereocenters. The summed E-state index contributed by atoms with van der Waals surface area (Å²) in [6.07, 6.45) is 0.0555. The van der Waals surface area contributed by atoms with Crippen molar-refractivity contribution in [2.24, 2.45) is 0 Å². The molecule has 0 atom stereocenters. The van der Waals surface area contributed by atoms with Gasteiger partial charge in [0.25, 0.3) is 0 Å². The van der Waals surface area contributed by atoms with Crippen LogP contribution >= 0.6 is 0 Å². The third kappa shape index (κ3) is 5.41. The van der Waals surface area contributed by atoms with Gasteiger partial charge in [-0.25, -0.2) is 16.8 Å². The average molecular weight is 605 g/mol. The number of esters is 1. The molecule has 1 saturated heterocycles. The lowest BCUT2D eigenvalue weighted by Gasteiger charge is -2.13. The van der Waals surface area contributed by atoms with Crippen molar-refractivity contribution in [2.45, 2.75) is 85.5 Å². The van der Waals surface area contributed by atoms with Crippen molar-refractivity contribution in [3.05, 3.63) is 61.2 Å². The molecule has 222 valence electrons. The van der Waals surface area contributed by atoms with Crippen LogP contribution in [0.5, 0.6) is 0 Å². The van der Waals surface area contributed by atoms with E-state index in [2.05, 4.69) is 4.74 Å². The number of hydrogen-bond donors (Lipinski definition) is 0. The van der Waals surface area contributed by atoms with Crippen LogP contribution in [0, 0.1) is 55.4 Å². The van der Waals surface area contributed by atoms with Gasteiger partial charge in [0.15, 0.2) is 32.9 Å². The van der Waals surface area contributed by atoms with Gasteiger partial charge in [0.05, 0.1) is 11.3 Å². The number of ether oxygens (including phenoxy) is 1. The fraction of sp³-hybridized carbons (Fsp3) is 0.467. The number of fused-ring (bicyclic) bond motifs is 2. The second-order valence-electron chi connectivity index (χ2n) is 11.3. The fourth-order valence-electron chi connectivity index (χ4n) is 5.35. The fourth-order valence-corrected chi connectivity index (χ4v) is 8.12. The Morgan fingerprint density at radius 2 is 0.927 bits per heavy atom. The summed E-state index contributed by atoms with van der Waals surface area (Å²) in [6.45, 7) is 18.0. The molecule has 11 heteroatoms. The SMILES string of the molecule is CC1(C)OC(=O)CS1(=O)=O.Cc1c(C)c(C)c2c(c1C)C(=O)CC2=O.Cc1c(C)c(C)c2c(c1C)C(=O)CS2(=O)=O. The number of rotatable bonds is 0. The molecule has 9 nitrogen and oxygen atoms in total. The van der Waals surface area contributed by atoms with Crippen LogP contribution in [0.15, 0.2) is 4.90 Å². The lowest BCUT2D eigenvalue weighted by atomic mass is 9.90. The van der Waals surface area contributed by atoms with Gasteiger partial charge in [0, 0.05) is 16.7 Å². The molecule has 0 amide bonds. The molecule has 0 saturated carbocycles. The van der Waals surface area contributed by atoms with Gasteiger partial charge in [-0.05, 0) is 114 Å². The first-order valence-electron chi connectivity index (χ1n) is 13.0. The normalized spacial score (nSPS) is 19.1. The van der Waals surface area contributed by atoms with Gasteiger partial charge in [0.1, 0.15) is 5.75 Å². The Labute approximate surface area is 241 Å². The van der Waals surface area contributed by atoms with Crippen molar-refractivity contribution >= 4 is 43.0 Å². The minimum atomic E-state index is -3.40. The number of carbonyl (C=O) groups excluding carboxylic acids is 4. The quantitative estimate of drug-likeness (QED) is 0.318. The highest BCUT2D eigenvalue weighted by atomic mass is 32.2. The lowest BCUT2D eigenvalue weighted by Crippen LogP contribution is -2.28. The number of ketones is 3. The summed E-state index contributed by atoms with van der Waals surface area (Å²) in [5, 5.41) is 0. The highest BCUT2D eigenvalue weighted by Crippen LogP contribution is 2.36. The van der Waals surface area contributed by atoms with Crippen molar-refractivity contribution in [1.82, 2.24) is 0 Å². The van der Waals surface area contributed by atoms with Crippen LogP contribution in [0.3, 0.4) is 0 Å². The van der Waals surface area contributed by atoms with Crippen molar-refractivity contribution in [1.29, 1.82) is 0 Å². The first-order chi connectivity index (χ1) is 18.6. The maximum absolute atomic E-state index is 11.9. The molecule has 1 aliphatic carbocycles. The van der Waals surface area contributed by atoms with Crippen molar-refractivity contribution in [3.8, 4) is 0 Å². The number of benzene rings is 2. The minimum Gasteiger partial charge on any atom is -0.442 e. The second-order valence-corrected chi connectivity index (χ2v) is 15.7. The summed E-state index contributed by atoms with van der Waals surface area (Å²) < 4.78 is 50.2. The van der Waals surface area contributed by atoms with E-state index < -0.39 is 36.3 Å². The smallest absolute Gasteiger partial charge is 0.322 e. The Morgan fingerprint density at radius 1 is 0.537 bits per heavy atom. The summed E-state index contributed by atoms with van der Waals surface area (Å²) in [5.74, 6) is -1.81. The molecular weight excluding hydrogens is 568 g/mol. The Bertz CT molecular complexity index is 1730. The van der Waals surface area contributed by atoms with E-state index in [1.165, 1.54) is 13.8 Å². The average Bonchev–Trinajstić information content (AvgIpc) is 3.35. The van der Waals surface area contributed by atoms with Gasteiger partial charge in [-0.1, -0.05) is 0 Å². The topological polar surface area (TPSA) is 146 Å². The summed E-state index contributed by atoms with van der Waals surface area (Å²) in [4.78, 5) is 44.5. The largest absolute Gasteiger partial charge is 0.442 e. The van der Waals surface area contributed by atoms with Gasteiger partial charge >= 0.3 is 5.97 Å². The van der Waals surface area contributed by atoms with E-state index in [1.54, 1.807) is 6.92 Å². The molecule has 41 heavy (non-hydrogen) atoms. The summed E-state index contributed by atoms with van der Waals surface area (Å²) in [5.41, 5.74) is 9.49. The van der Waals surface area contributed by atoms with E-state index in [0.29, 0.717) is 16.7 Å². The number of cyclic esters (lactones) is 1. The Kier molecular flexibility index (Phi) is 8.34. The zero-order valence-electron chi connectivity index (χ0n) is 25.1. The van der Waals surface area contributed by atoms with Crippen molar-refractivity contribution < 1.29 is 40.8 Å². The van der Waals surface area contributed by atoms with Crippen LogP contribution < -0.4 is 0 Å². The first-order valence-corrected chi connectivity index (χ1v) is 16.3. The van der Waals surface area contributed by atoms with Crippen LogP contribution in [0.1, 0.15) is 95.8 Å². The van der Waals surface area contributed by atoms with E-state index >= 15 is 0 Å². The Hall–Kier alpha value is -3.18. The van der Waals surface area contributed by atoms with Gasteiger partial charge in [-0.3, -0.25) is 19.2 Å². The number of carbonyl (C=O) groups is 4. The standard InChI is InChI=1S/C13H14O2.C12H14O3S.C5H8O4S/c1-6-7(2)9(4)13-11(15)5-10(14)12(13)8(6)3;1-6-7(2)9(4)12-11(8(6)3)10(13)5-16(12,14)15;1-5(2)9-4(6)3-10(5,7)8/h5H2,1-4H3;5H2,1-4H3;3H2,1-2H3. The molecule has 5 rings (SSSR count). The van der Waals surface area contributed by atoms with E-state index in [9.17, 15) is 36.0 Å². The molecule has 0 radical (unpaired) electrons. The molecule has 2 aliphatic heterocycles. The number of hydrogen-bond acceptors (Lipinski definition) is 9. The predicted molar refractivity (Wildman–Crippen MR) is 154 cm³/mol. The van der Waals surface area contributed by atoms with Crippen LogP contribution in [0.2, 0.25) is 0 Å². The lowest BCUT2D eigenvalue weighted by molar-refractivity contribution is -0.143. The molecular formula is C30H36O9S2. The molecule has 2 aromatic rings. The summed E-state index contributed by atoms with van der Waals surface area (Å²) in [7, 11) is -6.74. The number of sulfone groups is 2. The predicted octanol–water partition coefficient (Wildman–Crippen LogP) is 4.27. The Morgan fingerprint density at radius 3 is 1.27 bits per heavy atom. The highest BCUT2D eigenvalue weighted by molar-refractivity contribution is 7.93. The first kappa shape index (κ1) is 32.3. The van der Waals surface area contributed by atoms with Crippen LogP contribution in [-0.4, -0.2) is 56.6 Å². The number of Topliss-reactive ketones (excluding diaryl/α,β-unsaturated/α-hetero) is 3. The zero-order valence-corrected chi connectivity index (χ0v) is 26.7. The van der Waals surface area contributed by atoms with E-state index in [1.807, 2.05) is 48.5 Å². The third-order valence-electron chi connectivity index (χ3n) is 8.52. The van der Waals surface area contributed by atoms with Gasteiger partial charge < -0.3 is 4.74 Å². The molecule has 0 spiro atoms. The summed E-state index contributed by atoms with van der Waals surface area (Å²) >= 11 is 0. The van der Waals surface area contributed by atoms with Crippen LogP contribution in [0.4, 0.5) is 0 Å². The van der Waals surface area contributed by atoms with E-state index in [4.69, 9.17) is 0 Å². The maximum atomic E-state index is 11.9. The molecule has 0 aromatic heterocycles. The molecule has 2 heterocycles. The molecule has 0 bridgehead atoms. The van der Waals surface area contributed by atoms with Gasteiger partial charge in [-0.2, -0.15) is 0 Å². The van der Waals surface area contributed by atoms with Crippen molar-refractivity contribution in [3.63, 3.8) is 0 Å². The maximum Gasteiger partial charge on any atom is 0.322 e. The van der Waals surface area contributed by atoms with E-state index in [-0.39, 0.29) is 34.4 Å². The van der Waals surface area contributed by atoms with Crippen molar-refractivity contribution in [2.75, 3.05) is 11.5 Å². The Balaban J connectivity index is 0.000000174. The molecule has 3 aliphatic rings. The van der Waals surface area contributed by atoms with E-state index in [0.717, 1.165) is 44.5 Å². The minimum absolute atomic E-state index is 0.0151. The summed E-state index contributed by atoms with van der Waals surface area (Å²) in [6, 6.07) is 0. The molecule has 2 aromatic carbocycles. The molecule has 1 fully saturated rings. The zero-order chi connectivity index (χ0) is 31.6. The highest BCUT2D eigenvalue weighted by Gasteiger charge is 2.46. The second kappa shape index (κ2) is 10.6. The van der Waals surface area contributed by atoms with Gasteiger partial charge in [0.2, 0.25) is 14.8 Å². The monoisotopic (exact) mass is 604 g/mol. The van der Waals surface area contributed by atoms with Crippen LogP contribution in [0.25, 0.3) is 0 Å².